The number of fused-ring (bicyclic) bond motifs is 3. The van der Waals surface area contributed by atoms with E-state index in [1.54, 1.807) is 0 Å². The summed E-state index contributed by atoms with van der Waals surface area (Å²) in [4.78, 5) is 11.9. The normalized spacial score (nSPS) is 40.6. The van der Waals surface area contributed by atoms with Crippen LogP contribution in [0.25, 0.3) is 0 Å². The number of rotatable bonds is 5. The first-order chi connectivity index (χ1) is 14.7. The Morgan fingerprint density at radius 3 is 2.58 bits per heavy atom. The van der Waals surface area contributed by atoms with E-state index < -0.39 is 0 Å². The first kappa shape index (κ1) is 23.3. The molecule has 3 aliphatic carbocycles. The molecule has 3 nitrogen and oxygen atoms in total. The summed E-state index contributed by atoms with van der Waals surface area (Å²) in [6.07, 6.45) is 14.5. The average molecular weight is 429 g/mol. The zero-order valence-electron chi connectivity index (χ0n) is 20.6. The van der Waals surface area contributed by atoms with Crippen LogP contribution in [-0.2, 0) is 9.78 Å². The standard InChI is InChI=1S/C28H44O3/c1-17(2)18(3)7-8-20(5)24-11-12-25-23-16-27(22-15-21(29)10-9-19(22)4)31-30-26(23)13-14-28(24,25)6/h7-8,16-18,20-21,24-27,29H,9-15H2,1-6H3/b8-7+/t18-,20+,21-,24+,25-,26+,27+,28+/m0/s1. The van der Waals surface area contributed by atoms with Crippen LogP contribution in [-0.4, -0.2) is 23.4 Å². The average Bonchev–Trinajstić information content (AvgIpc) is 3.10. The zero-order chi connectivity index (χ0) is 22.3. The fraction of sp³-hybridized carbons (Fsp3) is 0.786. The zero-order valence-corrected chi connectivity index (χ0v) is 20.6. The van der Waals surface area contributed by atoms with Gasteiger partial charge in [-0.25, -0.2) is 9.78 Å². The van der Waals surface area contributed by atoms with E-state index in [1.165, 1.54) is 36.0 Å². The first-order valence-corrected chi connectivity index (χ1v) is 12.8. The van der Waals surface area contributed by atoms with Crippen molar-refractivity contribution in [2.75, 3.05) is 0 Å². The molecule has 0 amide bonds. The molecule has 0 aromatic rings. The largest absolute Gasteiger partial charge is 0.393 e. The van der Waals surface area contributed by atoms with E-state index in [9.17, 15) is 5.11 Å². The Labute approximate surface area is 189 Å². The summed E-state index contributed by atoms with van der Waals surface area (Å²) in [5, 5.41) is 10.2. The van der Waals surface area contributed by atoms with Gasteiger partial charge in [-0.15, -0.1) is 0 Å². The molecule has 8 atom stereocenters. The third-order valence-electron chi connectivity index (χ3n) is 9.35. The van der Waals surface area contributed by atoms with E-state index in [2.05, 4.69) is 59.8 Å². The minimum absolute atomic E-state index is 0.119. The summed E-state index contributed by atoms with van der Waals surface area (Å²) in [7, 11) is 0. The Kier molecular flexibility index (Phi) is 6.87. The van der Waals surface area contributed by atoms with Crippen molar-refractivity contribution in [2.24, 2.45) is 35.0 Å². The van der Waals surface area contributed by atoms with Gasteiger partial charge in [-0.1, -0.05) is 52.3 Å². The minimum Gasteiger partial charge on any atom is -0.393 e. The summed E-state index contributed by atoms with van der Waals surface area (Å²) in [6, 6.07) is 0. The Hall–Kier alpha value is -0.900. The number of hydrogen-bond donors (Lipinski definition) is 1. The van der Waals surface area contributed by atoms with E-state index in [4.69, 9.17) is 9.78 Å². The monoisotopic (exact) mass is 428 g/mol. The molecule has 0 spiro atoms. The highest BCUT2D eigenvalue weighted by Crippen LogP contribution is 2.60. The molecule has 0 aromatic carbocycles. The van der Waals surface area contributed by atoms with Gasteiger partial charge in [0.2, 0.25) is 0 Å². The van der Waals surface area contributed by atoms with Gasteiger partial charge in [0, 0.05) is 0 Å². The van der Waals surface area contributed by atoms with E-state index in [-0.39, 0.29) is 18.3 Å². The smallest absolute Gasteiger partial charge is 0.133 e. The van der Waals surface area contributed by atoms with Gasteiger partial charge in [0.1, 0.15) is 12.2 Å². The van der Waals surface area contributed by atoms with Crippen LogP contribution in [0, 0.1) is 35.0 Å². The summed E-state index contributed by atoms with van der Waals surface area (Å²) >= 11 is 0. The van der Waals surface area contributed by atoms with E-state index in [0.29, 0.717) is 35.5 Å². The van der Waals surface area contributed by atoms with Crippen molar-refractivity contribution < 1.29 is 14.9 Å². The minimum atomic E-state index is -0.244. The molecule has 1 N–H and O–H groups in total. The maximum Gasteiger partial charge on any atom is 0.133 e. The highest BCUT2D eigenvalue weighted by atomic mass is 17.2. The second kappa shape index (κ2) is 9.15. The molecule has 4 rings (SSSR count). The maximum atomic E-state index is 10.2. The molecule has 0 radical (unpaired) electrons. The van der Waals surface area contributed by atoms with Gasteiger partial charge in [0.15, 0.2) is 0 Å². The fourth-order valence-electron chi connectivity index (χ4n) is 6.82. The number of aliphatic hydroxyl groups is 1. The lowest BCUT2D eigenvalue weighted by Gasteiger charge is -2.48. The quantitative estimate of drug-likeness (QED) is 0.387. The lowest BCUT2D eigenvalue weighted by atomic mass is 9.60. The highest BCUT2D eigenvalue weighted by Gasteiger charge is 2.54. The third-order valence-corrected chi connectivity index (χ3v) is 9.35. The lowest BCUT2D eigenvalue weighted by molar-refractivity contribution is -0.342. The Bertz CT molecular complexity index is 747. The fourth-order valence-corrected chi connectivity index (χ4v) is 6.82. The molecule has 1 aliphatic heterocycles. The molecule has 174 valence electrons. The van der Waals surface area contributed by atoms with Crippen LogP contribution in [0.3, 0.4) is 0 Å². The molecule has 0 saturated heterocycles. The Morgan fingerprint density at radius 1 is 1.06 bits per heavy atom. The molecule has 0 aromatic heterocycles. The molecule has 31 heavy (non-hydrogen) atoms. The second-order valence-electron chi connectivity index (χ2n) is 11.6. The molecular formula is C28H44O3. The summed E-state index contributed by atoms with van der Waals surface area (Å²) in [6.45, 7) is 14.1. The summed E-state index contributed by atoms with van der Waals surface area (Å²) < 4.78 is 0. The molecule has 1 heterocycles. The molecule has 2 fully saturated rings. The van der Waals surface area contributed by atoms with Crippen LogP contribution in [0.1, 0.15) is 86.5 Å². The predicted molar refractivity (Wildman–Crippen MR) is 126 cm³/mol. The van der Waals surface area contributed by atoms with E-state index in [0.717, 1.165) is 25.2 Å². The predicted octanol–water partition coefficient (Wildman–Crippen LogP) is 6.78. The van der Waals surface area contributed by atoms with Crippen molar-refractivity contribution in [2.45, 2.75) is 105 Å². The third kappa shape index (κ3) is 4.48. The summed E-state index contributed by atoms with van der Waals surface area (Å²) in [5.74, 6) is 3.27. The Morgan fingerprint density at radius 2 is 1.84 bits per heavy atom. The van der Waals surface area contributed by atoms with Crippen molar-refractivity contribution in [1.82, 2.24) is 0 Å². The van der Waals surface area contributed by atoms with E-state index >= 15 is 0 Å². The SMILES string of the molecule is CC1=C([C@H]2C=C3[C@@H](CC[C@]4(C)[C@@H]([C@H](C)/C=C/[C@H](C)C(C)C)CC[C@@H]34)OO2)C[C@@H](O)CC1. The van der Waals surface area contributed by atoms with Gasteiger partial charge in [-0.3, -0.25) is 0 Å². The van der Waals surface area contributed by atoms with Gasteiger partial charge in [0.05, 0.1) is 6.10 Å². The van der Waals surface area contributed by atoms with Gasteiger partial charge in [-0.2, -0.15) is 0 Å². The molecule has 2 saturated carbocycles. The van der Waals surface area contributed by atoms with Crippen molar-refractivity contribution >= 4 is 0 Å². The van der Waals surface area contributed by atoms with Crippen LogP contribution < -0.4 is 0 Å². The molecular weight excluding hydrogens is 384 g/mol. The van der Waals surface area contributed by atoms with Crippen LogP contribution in [0.2, 0.25) is 0 Å². The second-order valence-corrected chi connectivity index (χ2v) is 11.6. The molecule has 4 aliphatic rings. The number of hydrogen-bond acceptors (Lipinski definition) is 3. The topological polar surface area (TPSA) is 38.7 Å². The van der Waals surface area contributed by atoms with Crippen molar-refractivity contribution in [1.29, 1.82) is 0 Å². The van der Waals surface area contributed by atoms with Crippen molar-refractivity contribution in [3.8, 4) is 0 Å². The molecule has 0 unspecified atom stereocenters. The van der Waals surface area contributed by atoms with E-state index in [1.807, 2.05) is 0 Å². The molecule has 0 bridgehead atoms. The first-order valence-electron chi connectivity index (χ1n) is 12.8. The molecule has 3 heteroatoms. The van der Waals surface area contributed by atoms with Gasteiger partial charge < -0.3 is 5.11 Å². The maximum absolute atomic E-state index is 10.2. The van der Waals surface area contributed by atoms with Crippen LogP contribution in [0.4, 0.5) is 0 Å². The summed E-state index contributed by atoms with van der Waals surface area (Å²) in [5.41, 5.74) is 4.44. The lowest BCUT2D eigenvalue weighted by Crippen LogP contribution is -2.44. The van der Waals surface area contributed by atoms with Crippen LogP contribution in [0.15, 0.2) is 34.9 Å². The van der Waals surface area contributed by atoms with Gasteiger partial charge in [0.25, 0.3) is 0 Å². The van der Waals surface area contributed by atoms with Gasteiger partial charge >= 0.3 is 0 Å². The van der Waals surface area contributed by atoms with Crippen molar-refractivity contribution in [3.63, 3.8) is 0 Å². The van der Waals surface area contributed by atoms with Crippen LogP contribution in [0.5, 0.6) is 0 Å². The Balaban J connectivity index is 1.55. The van der Waals surface area contributed by atoms with Crippen molar-refractivity contribution in [3.05, 3.63) is 34.9 Å². The van der Waals surface area contributed by atoms with Crippen LogP contribution >= 0.6 is 0 Å². The highest BCUT2D eigenvalue weighted by molar-refractivity contribution is 5.32. The van der Waals surface area contributed by atoms with Gasteiger partial charge in [-0.05, 0) is 104 Å². The number of aliphatic hydroxyl groups excluding tert-OH is 1. The number of allylic oxidation sites excluding steroid dienone is 3.